The third-order valence-electron chi connectivity index (χ3n) is 4.00. The predicted molar refractivity (Wildman–Crippen MR) is 91.4 cm³/mol. The Labute approximate surface area is 140 Å². The molecule has 0 unspecified atom stereocenters. The third kappa shape index (κ3) is 4.77. The molecule has 0 radical (unpaired) electrons. The lowest BCUT2D eigenvalue weighted by Crippen LogP contribution is -2.40. The summed E-state index contributed by atoms with van der Waals surface area (Å²) in [6.07, 6.45) is 9.79. The minimum atomic E-state index is -0.0117. The van der Waals surface area contributed by atoms with E-state index in [1.54, 1.807) is 18.0 Å². The van der Waals surface area contributed by atoms with Crippen LogP contribution in [0.2, 0.25) is 0 Å². The van der Waals surface area contributed by atoms with E-state index in [0.29, 0.717) is 10.8 Å². The predicted octanol–water partition coefficient (Wildman–Crippen LogP) is 2.89. The Hall–Kier alpha value is -1.92. The molecule has 0 aromatic carbocycles. The molecule has 0 saturated carbocycles. The molecular formula is C17H21N3O2S. The monoisotopic (exact) mass is 331 g/mol. The molecule has 3 rings (SSSR count). The SMILES string of the molecule is O=C(NC[C@H]1CCCN(C/C=C/c2ccco2)C1)c1cncs1. The molecule has 23 heavy (non-hydrogen) atoms. The van der Waals surface area contributed by atoms with E-state index in [1.807, 2.05) is 18.2 Å². The highest BCUT2D eigenvalue weighted by molar-refractivity contribution is 7.11. The summed E-state index contributed by atoms with van der Waals surface area (Å²) in [5, 5.41) is 3.03. The fourth-order valence-electron chi connectivity index (χ4n) is 2.84. The highest BCUT2D eigenvalue weighted by Crippen LogP contribution is 2.16. The molecule has 0 bridgehead atoms. The average molecular weight is 331 g/mol. The maximum absolute atomic E-state index is 12.0. The second-order valence-corrected chi connectivity index (χ2v) is 6.65. The molecule has 1 fully saturated rings. The number of hydrogen-bond acceptors (Lipinski definition) is 5. The largest absolute Gasteiger partial charge is 0.465 e. The van der Waals surface area contributed by atoms with E-state index in [4.69, 9.17) is 4.42 Å². The number of carbonyl (C=O) groups is 1. The summed E-state index contributed by atoms with van der Waals surface area (Å²) in [6.45, 7) is 3.78. The first-order valence-corrected chi connectivity index (χ1v) is 8.78. The van der Waals surface area contributed by atoms with Crippen LogP contribution in [0.3, 0.4) is 0 Å². The van der Waals surface area contributed by atoms with Gasteiger partial charge in [-0.05, 0) is 43.5 Å². The van der Waals surface area contributed by atoms with Crippen molar-refractivity contribution in [1.29, 1.82) is 0 Å². The van der Waals surface area contributed by atoms with Gasteiger partial charge in [-0.25, -0.2) is 0 Å². The van der Waals surface area contributed by atoms with Crippen molar-refractivity contribution in [2.75, 3.05) is 26.2 Å². The Kier molecular flexibility index (Phi) is 5.60. The van der Waals surface area contributed by atoms with Crippen molar-refractivity contribution in [3.05, 3.63) is 46.8 Å². The van der Waals surface area contributed by atoms with Gasteiger partial charge in [0.15, 0.2) is 0 Å². The molecule has 6 heteroatoms. The first kappa shape index (κ1) is 16.0. The van der Waals surface area contributed by atoms with Gasteiger partial charge in [0.25, 0.3) is 5.91 Å². The molecule has 5 nitrogen and oxygen atoms in total. The quantitative estimate of drug-likeness (QED) is 0.884. The number of likely N-dealkylation sites (tertiary alicyclic amines) is 1. The fourth-order valence-corrected chi connectivity index (χ4v) is 3.38. The van der Waals surface area contributed by atoms with Crippen molar-refractivity contribution in [3.8, 4) is 0 Å². The van der Waals surface area contributed by atoms with Crippen LogP contribution in [0.5, 0.6) is 0 Å². The molecule has 1 saturated heterocycles. The van der Waals surface area contributed by atoms with Gasteiger partial charge in [-0.1, -0.05) is 6.08 Å². The number of rotatable bonds is 6. The smallest absolute Gasteiger partial charge is 0.263 e. The second-order valence-electron chi connectivity index (χ2n) is 5.76. The number of aromatic nitrogens is 1. The van der Waals surface area contributed by atoms with E-state index in [9.17, 15) is 4.79 Å². The molecule has 1 aliphatic heterocycles. The van der Waals surface area contributed by atoms with Crippen LogP contribution in [0, 0.1) is 5.92 Å². The highest BCUT2D eigenvalue weighted by atomic mass is 32.1. The molecule has 3 heterocycles. The lowest BCUT2D eigenvalue weighted by molar-refractivity contribution is 0.0938. The molecule has 1 N–H and O–H groups in total. The van der Waals surface area contributed by atoms with Crippen LogP contribution >= 0.6 is 11.3 Å². The van der Waals surface area contributed by atoms with E-state index in [2.05, 4.69) is 21.3 Å². The lowest BCUT2D eigenvalue weighted by atomic mass is 9.98. The zero-order chi connectivity index (χ0) is 15.9. The standard InChI is InChI=1S/C17H21N3O2S/c21-17(16-11-18-13-23-16)19-10-14-4-1-7-20(12-14)8-2-5-15-6-3-9-22-15/h2-3,5-6,9,11,13-14H,1,4,7-8,10,12H2,(H,19,21)/b5-2+/t14-/m1/s1. The minimum absolute atomic E-state index is 0.0117. The van der Waals surface area contributed by atoms with Crippen LogP contribution in [0.4, 0.5) is 0 Å². The van der Waals surface area contributed by atoms with Gasteiger partial charge in [0.05, 0.1) is 18.0 Å². The summed E-state index contributed by atoms with van der Waals surface area (Å²) >= 11 is 1.38. The zero-order valence-corrected chi connectivity index (χ0v) is 13.8. The van der Waals surface area contributed by atoms with Gasteiger partial charge in [0.1, 0.15) is 10.6 Å². The molecule has 1 atom stereocenters. The maximum atomic E-state index is 12.0. The number of amides is 1. The van der Waals surface area contributed by atoms with Crippen LogP contribution in [-0.4, -0.2) is 42.0 Å². The first-order valence-electron chi connectivity index (χ1n) is 7.90. The first-order chi connectivity index (χ1) is 11.3. The van der Waals surface area contributed by atoms with Crippen molar-refractivity contribution in [2.45, 2.75) is 12.8 Å². The van der Waals surface area contributed by atoms with Crippen LogP contribution in [0.15, 0.2) is 40.6 Å². The Morgan fingerprint density at radius 2 is 2.52 bits per heavy atom. The van der Waals surface area contributed by atoms with Gasteiger partial charge in [-0.2, -0.15) is 0 Å². The zero-order valence-electron chi connectivity index (χ0n) is 13.0. The number of piperidine rings is 1. The Morgan fingerprint density at radius 1 is 1.57 bits per heavy atom. The molecule has 0 spiro atoms. The number of nitrogens with one attached hydrogen (secondary N) is 1. The summed E-state index contributed by atoms with van der Waals surface area (Å²) in [6, 6.07) is 3.84. The van der Waals surface area contributed by atoms with Gasteiger partial charge in [-0.3, -0.25) is 14.7 Å². The molecule has 122 valence electrons. The maximum Gasteiger partial charge on any atom is 0.263 e. The summed E-state index contributed by atoms with van der Waals surface area (Å²) in [7, 11) is 0. The summed E-state index contributed by atoms with van der Waals surface area (Å²) in [5.74, 6) is 1.38. The topological polar surface area (TPSA) is 58.4 Å². The molecule has 2 aromatic rings. The average Bonchev–Trinajstić information content (AvgIpc) is 3.26. The van der Waals surface area contributed by atoms with E-state index in [1.165, 1.54) is 24.2 Å². The highest BCUT2D eigenvalue weighted by Gasteiger charge is 2.20. The number of carbonyl (C=O) groups excluding carboxylic acids is 1. The van der Waals surface area contributed by atoms with Crippen molar-refractivity contribution < 1.29 is 9.21 Å². The molecular weight excluding hydrogens is 310 g/mol. The van der Waals surface area contributed by atoms with Crippen molar-refractivity contribution >= 4 is 23.3 Å². The number of furan rings is 1. The molecule has 1 aliphatic rings. The minimum Gasteiger partial charge on any atom is -0.465 e. The number of thiazole rings is 1. The van der Waals surface area contributed by atoms with E-state index < -0.39 is 0 Å². The van der Waals surface area contributed by atoms with Crippen LogP contribution in [-0.2, 0) is 0 Å². The van der Waals surface area contributed by atoms with Crippen LogP contribution < -0.4 is 5.32 Å². The van der Waals surface area contributed by atoms with Gasteiger partial charge >= 0.3 is 0 Å². The van der Waals surface area contributed by atoms with Gasteiger partial charge in [-0.15, -0.1) is 11.3 Å². The summed E-state index contributed by atoms with van der Waals surface area (Å²) < 4.78 is 5.29. The van der Waals surface area contributed by atoms with E-state index in [0.717, 1.165) is 31.9 Å². The second kappa shape index (κ2) is 8.08. The number of hydrogen-bond donors (Lipinski definition) is 1. The summed E-state index contributed by atoms with van der Waals surface area (Å²) in [5.41, 5.74) is 1.68. The van der Waals surface area contributed by atoms with Gasteiger partial charge < -0.3 is 9.73 Å². The van der Waals surface area contributed by atoms with Crippen LogP contribution in [0.25, 0.3) is 6.08 Å². The fraction of sp³-hybridized carbons (Fsp3) is 0.412. The van der Waals surface area contributed by atoms with Crippen molar-refractivity contribution in [2.24, 2.45) is 5.92 Å². The van der Waals surface area contributed by atoms with E-state index in [-0.39, 0.29) is 5.91 Å². The Balaban J connectivity index is 1.42. The number of nitrogens with zero attached hydrogens (tertiary/aromatic N) is 2. The van der Waals surface area contributed by atoms with Crippen LogP contribution in [0.1, 0.15) is 28.3 Å². The molecule has 2 aromatic heterocycles. The lowest BCUT2D eigenvalue weighted by Gasteiger charge is -2.32. The Morgan fingerprint density at radius 3 is 3.30 bits per heavy atom. The summed E-state index contributed by atoms with van der Waals surface area (Å²) in [4.78, 5) is 19.0. The third-order valence-corrected chi connectivity index (χ3v) is 4.77. The normalized spacial score (nSPS) is 19.2. The Bertz CT molecular complexity index is 622. The molecule has 1 amide bonds. The van der Waals surface area contributed by atoms with Crippen molar-refractivity contribution in [3.63, 3.8) is 0 Å². The molecule has 0 aliphatic carbocycles. The van der Waals surface area contributed by atoms with Gasteiger partial charge in [0.2, 0.25) is 0 Å². The van der Waals surface area contributed by atoms with Crippen molar-refractivity contribution in [1.82, 2.24) is 15.2 Å². The van der Waals surface area contributed by atoms with Gasteiger partial charge in [0, 0.05) is 19.6 Å². The van der Waals surface area contributed by atoms with E-state index >= 15 is 0 Å².